The second-order valence-corrected chi connectivity index (χ2v) is 6.90. The summed E-state index contributed by atoms with van der Waals surface area (Å²) >= 11 is 0. The molecule has 1 amide bonds. The Hall–Kier alpha value is -4.22. The smallest absolute Gasteiger partial charge is 0.414 e. The van der Waals surface area contributed by atoms with Crippen LogP contribution in [0.15, 0.2) is 48.9 Å². The molecule has 1 aliphatic heterocycles. The molecule has 4 aromatic rings. The number of aromatic nitrogens is 8. The molecule has 1 atom stereocenters. The first-order valence-electron chi connectivity index (χ1n) is 9.39. The monoisotopic (exact) mass is 421 g/mol. The maximum absolute atomic E-state index is 14.9. The van der Waals surface area contributed by atoms with Crippen molar-refractivity contribution in [2.24, 2.45) is 7.05 Å². The van der Waals surface area contributed by atoms with Crippen LogP contribution in [-0.4, -0.2) is 58.9 Å². The van der Waals surface area contributed by atoms with E-state index in [1.54, 1.807) is 49.9 Å². The number of hydrogen-bond acceptors (Lipinski definition) is 8. The summed E-state index contributed by atoms with van der Waals surface area (Å²) in [6, 6.07) is 8.02. The largest absolute Gasteiger partial charge is 0.442 e. The van der Waals surface area contributed by atoms with Crippen LogP contribution in [-0.2, 0) is 18.3 Å². The molecule has 1 aromatic carbocycles. The lowest BCUT2D eigenvalue weighted by Crippen LogP contribution is -2.26. The van der Waals surface area contributed by atoms with Gasteiger partial charge in [-0.05, 0) is 29.5 Å². The highest BCUT2D eigenvalue weighted by Crippen LogP contribution is 2.29. The number of anilines is 1. The number of carbonyl (C=O) groups excluding carboxylic acids is 1. The molecule has 1 saturated heterocycles. The third-order valence-corrected chi connectivity index (χ3v) is 4.78. The molecule has 0 radical (unpaired) electrons. The highest BCUT2D eigenvalue weighted by molar-refractivity contribution is 5.90. The van der Waals surface area contributed by atoms with E-state index >= 15 is 0 Å². The molecule has 0 N–H and O–H groups in total. The molecule has 11 nitrogen and oxygen atoms in total. The lowest BCUT2D eigenvalue weighted by atomic mass is 10.1. The molecule has 31 heavy (non-hydrogen) atoms. The third-order valence-electron chi connectivity index (χ3n) is 4.78. The summed E-state index contributed by atoms with van der Waals surface area (Å²) in [4.78, 5) is 20.7. The number of halogens is 1. The molecule has 1 aliphatic rings. The Kier molecular flexibility index (Phi) is 4.58. The van der Waals surface area contributed by atoms with Crippen LogP contribution in [0.2, 0.25) is 0 Å². The molecular weight excluding hydrogens is 405 g/mol. The Labute approximate surface area is 175 Å². The molecule has 0 bridgehead atoms. The van der Waals surface area contributed by atoms with E-state index in [1.165, 1.54) is 20.6 Å². The number of benzene rings is 1. The molecule has 156 valence electrons. The molecule has 1 fully saturated rings. The SMILES string of the molecule is Cn1nnc(-c2ccc(-c3ccc(N4C[C@H](Cn5nccn5)OC4=O)cc3F)cn2)n1. The fourth-order valence-electron chi connectivity index (χ4n) is 3.33. The third kappa shape index (κ3) is 3.70. The Morgan fingerprint density at radius 3 is 2.71 bits per heavy atom. The minimum atomic E-state index is -0.535. The molecule has 0 spiro atoms. The molecule has 3 aromatic heterocycles. The number of amides is 1. The highest BCUT2D eigenvalue weighted by atomic mass is 19.1. The van der Waals surface area contributed by atoms with Crippen LogP contribution in [0.1, 0.15) is 0 Å². The number of pyridine rings is 1. The van der Waals surface area contributed by atoms with E-state index in [9.17, 15) is 9.18 Å². The predicted octanol–water partition coefficient (Wildman–Crippen LogP) is 1.70. The summed E-state index contributed by atoms with van der Waals surface area (Å²) < 4.78 is 20.2. The zero-order valence-electron chi connectivity index (χ0n) is 16.3. The van der Waals surface area contributed by atoms with Crippen molar-refractivity contribution in [3.63, 3.8) is 0 Å². The summed E-state index contributed by atoms with van der Waals surface area (Å²) in [5.41, 5.74) is 1.89. The summed E-state index contributed by atoms with van der Waals surface area (Å²) in [5, 5.41) is 19.8. The van der Waals surface area contributed by atoms with Gasteiger partial charge in [0.15, 0.2) is 0 Å². The van der Waals surface area contributed by atoms with Crippen LogP contribution >= 0.6 is 0 Å². The molecule has 5 rings (SSSR count). The topological polar surface area (TPSA) is 117 Å². The van der Waals surface area contributed by atoms with Crippen LogP contribution < -0.4 is 4.90 Å². The van der Waals surface area contributed by atoms with Gasteiger partial charge in [0.1, 0.15) is 17.6 Å². The number of hydrogen-bond donors (Lipinski definition) is 0. The van der Waals surface area contributed by atoms with Gasteiger partial charge in [-0.25, -0.2) is 9.18 Å². The number of rotatable bonds is 5. The Morgan fingerprint density at radius 2 is 2.03 bits per heavy atom. The average Bonchev–Trinajstić information content (AvgIpc) is 3.51. The highest BCUT2D eigenvalue weighted by Gasteiger charge is 2.33. The van der Waals surface area contributed by atoms with Crippen molar-refractivity contribution in [2.75, 3.05) is 11.4 Å². The van der Waals surface area contributed by atoms with Crippen molar-refractivity contribution in [1.29, 1.82) is 0 Å². The van der Waals surface area contributed by atoms with Gasteiger partial charge < -0.3 is 4.74 Å². The van der Waals surface area contributed by atoms with Crippen LogP contribution in [0, 0.1) is 5.82 Å². The summed E-state index contributed by atoms with van der Waals surface area (Å²) in [6.07, 6.45) is 3.68. The fraction of sp³-hybridized carbons (Fsp3) is 0.211. The molecule has 0 unspecified atom stereocenters. The minimum Gasteiger partial charge on any atom is -0.442 e. The second-order valence-electron chi connectivity index (χ2n) is 6.90. The molecule has 0 saturated carbocycles. The van der Waals surface area contributed by atoms with Crippen LogP contribution in [0.4, 0.5) is 14.9 Å². The first kappa shape index (κ1) is 18.8. The summed E-state index contributed by atoms with van der Waals surface area (Å²) in [7, 11) is 1.66. The van der Waals surface area contributed by atoms with Crippen LogP contribution in [0.25, 0.3) is 22.6 Å². The molecular formula is C19H16FN9O2. The summed E-state index contributed by atoms with van der Waals surface area (Å²) in [5.74, 6) is -0.0908. The number of carbonyl (C=O) groups is 1. The van der Waals surface area contributed by atoms with Crippen molar-refractivity contribution in [3.8, 4) is 22.6 Å². The summed E-state index contributed by atoms with van der Waals surface area (Å²) in [6.45, 7) is 0.606. The second kappa shape index (κ2) is 7.55. The standard InChI is InChI=1S/C19H16FN9O2/c1-27-25-18(24-26-27)17-5-2-12(9-21-17)15-4-3-13(8-16(15)20)28-10-14(31-19(28)30)11-29-22-6-7-23-29/h2-9,14H,10-11H2,1H3/t14-/m1/s1. The molecule has 0 aliphatic carbocycles. The number of cyclic esters (lactones) is 1. The van der Waals surface area contributed by atoms with Gasteiger partial charge in [0, 0.05) is 17.3 Å². The van der Waals surface area contributed by atoms with E-state index < -0.39 is 18.0 Å². The number of nitrogens with zero attached hydrogens (tertiary/aromatic N) is 9. The Morgan fingerprint density at radius 1 is 1.19 bits per heavy atom. The quantitative estimate of drug-likeness (QED) is 0.478. The normalized spacial score (nSPS) is 16.0. The van der Waals surface area contributed by atoms with E-state index in [0.717, 1.165) is 0 Å². The van der Waals surface area contributed by atoms with E-state index in [2.05, 4.69) is 30.6 Å². The van der Waals surface area contributed by atoms with Gasteiger partial charge >= 0.3 is 6.09 Å². The Balaban J connectivity index is 1.33. The van der Waals surface area contributed by atoms with Gasteiger partial charge in [0.05, 0.1) is 38.2 Å². The molecule has 12 heteroatoms. The molecule has 4 heterocycles. The first-order chi connectivity index (χ1) is 15.1. The minimum absolute atomic E-state index is 0.278. The van der Waals surface area contributed by atoms with E-state index in [-0.39, 0.29) is 6.54 Å². The predicted molar refractivity (Wildman–Crippen MR) is 105 cm³/mol. The van der Waals surface area contributed by atoms with Crippen molar-refractivity contribution >= 4 is 11.8 Å². The maximum atomic E-state index is 14.9. The lowest BCUT2D eigenvalue weighted by molar-refractivity contribution is 0.126. The van der Waals surface area contributed by atoms with Gasteiger partial charge in [-0.2, -0.15) is 19.8 Å². The van der Waals surface area contributed by atoms with Crippen molar-refractivity contribution in [2.45, 2.75) is 12.6 Å². The average molecular weight is 421 g/mol. The first-order valence-corrected chi connectivity index (χ1v) is 9.39. The number of aryl methyl sites for hydroxylation is 1. The zero-order valence-corrected chi connectivity index (χ0v) is 16.3. The van der Waals surface area contributed by atoms with Crippen molar-refractivity contribution in [3.05, 3.63) is 54.7 Å². The fourth-order valence-corrected chi connectivity index (χ4v) is 3.33. The lowest BCUT2D eigenvalue weighted by Gasteiger charge is -2.14. The van der Waals surface area contributed by atoms with E-state index in [4.69, 9.17) is 4.74 Å². The number of tetrazole rings is 1. The zero-order chi connectivity index (χ0) is 21.4. The van der Waals surface area contributed by atoms with Crippen LogP contribution in [0.5, 0.6) is 0 Å². The van der Waals surface area contributed by atoms with Gasteiger partial charge in [-0.15, -0.1) is 10.2 Å². The van der Waals surface area contributed by atoms with Gasteiger partial charge in [0.2, 0.25) is 5.82 Å². The van der Waals surface area contributed by atoms with Crippen LogP contribution in [0.3, 0.4) is 0 Å². The van der Waals surface area contributed by atoms with Crippen molar-refractivity contribution in [1.82, 2.24) is 40.2 Å². The van der Waals surface area contributed by atoms with E-state index in [1.807, 2.05) is 0 Å². The van der Waals surface area contributed by atoms with Gasteiger partial charge in [-0.3, -0.25) is 9.88 Å². The van der Waals surface area contributed by atoms with Crippen molar-refractivity contribution < 1.29 is 13.9 Å². The maximum Gasteiger partial charge on any atom is 0.414 e. The Bertz CT molecular complexity index is 1220. The van der Waals surface area contributed by atoms with Gasteiger partial charge in [0.25, 0.3) is 0 Å². The van der Waals surface area contributed by atoms with E-state index in [0.29, 0.717) is 34.9 Å². The number of ether oxygens (including phenoxy) is 1. The van der Waals surface area contributed by atoms with Gasteiger partial charge in [-0.1, -0.05) is 6.07 Å².